The van der Waals surface area contributed by atoms with Crippen molar-refractivity contribution in [1.29, 1.82) is 0 Å². The lowest BCUT2D eigenvalue weighted by atomic mass is 9.98. The van der Waals surface area contributed by atoms with Crippen molar-refractivity contribution in [3.05, 3.63) is 59.7 Å². The molecule has 4 nitrogen and oxygen atoms in total. The summed E-state index contributed by atoms with van der Waals surface area (Å²) >= 11 is 0. The number of alkyl halides is 5. The quantitative estimate of drug-likeness (QED) is 0.583. The van der Waals surface area contributed by atoms with E-state index in [1.807, 2.05) is 4.90 Å². The van der Waals surface area contributed by atoms with Crippen LogP contribution in [0.5, 0.6) is 0 Å². The molecule has 2 heterocycles. The first-order chi connectivity index (χ1) is 15.1. The zero-order valence-electron chi connectivity index (χ0n) is 17.0. The van der Waals surface area contributed by atoms with Crippen LogP contribution in [0, 0.1) is 11.6 Å². The number of nitrogens with one attached hydrogen (secondary N) is 1. The summed E-state index contributed by atoms with van der Waals surface area (Å²) in [5, 5.41) is 7.46. The van der Waals surface area contributed by atoms with Crippen LogP contribution in [-0.4, -0.2) is 44.0 Å². The Kier molecular flexibility index (Phi) is 7.13. The van der Waals surface area contributed by atoms with Crippen molar-refractivity contribution in [2.24, 2.45) is 5.10 Å². The second kappa shape index (κ2) is 9.38. The molecule has 0 aliphatic carbocycles. The Balaban J connectivity index is 0.00000306. The number of anilines is 2. The third-order valence-corrected chi connectivity index (χ3v) is 5.52. The number of rotatable bonds is 4. The fraction of sp³-hybridized carbons (Fsp3) is 0.381. The van der Waals surface area contributed by atoms with Crippen molar-refractivity contribution in [2.75, 3.05) is 36.1 Å². The molecule has 1 unspecified atom stereocenters. The molecule has 2 aliphatic rings. The van der Waals surface area contributed by atoms with Crippen molar-refractivity contribution in [2.45, 2.75) is 24.6 Å². The van der Waals surface area contributed by atoms with Gasteiger partial charge in [-0.2, -0.15) is 27.1 Å². The van der Waals surface area contributed by atoms with Crippen LogP contribution in [0.1, 0.15) is 18.0 Å². The summed E-state index contributed by atoms with van der Waals surface area (Å²) in [4.78, 5) is 2.05. The van der Waals surface area contributed by atoms with Gasteiger partial charge in [0.15, 0.2) is 5.82 Å². The molecule has 1 atom stereocenters. The molecule has 1 saturated heterocycles. The van der Waals surface area contributed by atoms with Gasteiger partial charge in [0.2, 0.25) is 0 Å². The summed E-state index contributed by atoms with van der Waals surface area (Å²) < 4.78 is 95.0. The molecule has 2 aromatic carbocycles. The van der Waals surface area contributed by atoms with Gasteiger partial charge in [0.25, 0.3) is 0 Å². The van der Waals surface area contributed by atoms with Crippen LogP contribution in [0.2, 0.25) is 0 Å². The first-order valence-corrected chi connectivity index (χ1v) is 9.90. The molecule has 1 fully saturated rings. The van der Waals surface area contributed by atoms with Crippen molar-refractivity contribution in [3.63, 3.8) is 0 Å². The molecule has 0 saturated carbocycles. The monoisotopic (exact) mass is 496 g/mol. The molecular formula is C21H20ClF7N4. The van der Waals surface area contributed by atoms with E-state index in [0.717, 1.165) is 35.9 Å². The Morgan fingerprint density at radius 3 is 2.27 bits per heavy atom. The molecule has 0 spiro atoms. The van der Waals surface area contributed by atoms with E-state index in [1.54, 1.807) is 24.3 Å². The molecule has 2 aromatic rings. The highest BCUT2D eigenvalue weighted by Crippen LogP contribution is 2.45. The van der Waals surface area contributed by atoms with Crippen LogP contribution in [-0.2, 0) is 0 Å². The van der Waals surface area contributed by atoms with Gasteiger partial charge in [-0.1, -0.05) is 12.1 Å². The minimum atomic E-state index is -5.85. The fourth-order valence-corrected chi connectivity index (χ4v) is 3.86. The third-order valence-electron chi connectivity index (χ3n) is 5.52. The molecule has 0 amide bonds. The number of hydrogen-bond donors (Lipinski definition) is 1. The van der Waals surface area contributed by atoms with Gasteiger partial charge in [0, 0.05) is 44.4 Å². The molecule has 12 heteroatoms. The standard InChI is InChI=1S/C21H19F7N4.ClH/c22-14-4-5-17(16(23)11-14)32-18(12-19(30-32)20(24,25)21(26,27)28)13-2-1-3-15(10-13)31-8-6-29-7-9-31;/h1-5,10-11,18,29H,6-9,12H2;1H. The molecule has 0 aromatic heterocycles. The summed E-state index contributed by atoms with van der Waals surface area (Å²) in [6.07, 6.45) is -6.62. The van der Waals surface area contributed by atoms with E-state index >= 15 is 0 Å². The maximum absolute atomic E-state index is 14.4. The molecular weight excluding hydrogens is 477 g/mol. The van der Waals surface area contributed by atoms with Crippen LogP contribution in [0.4, 0.5) is 42.1 Å². The Bertz CT molecular complexity index is 1020. The summed E-state index contributed by atoms with van der Waals surface area (Å²) in [6, 6.07) is 7.96. The Labute approximate surface area is 191 Å². The van der Waals surface area contributed by atoms with Crippen molar-refractivity contribution >= 4 is 29.5 Å². The van der Waals surface area contributed by atoms with Gasteiger partial charge >= 0.3 is 12.1 Å². The van der Waals surface area contributed by atoms with Gasteiger partial charge in [0.05, 0.1) is 11.7 Å². The molecule has 4 rings (SSSR count). The average molecular weight is 497 g/mol. The Morgan fingerprint density at radius 1 is 0.939 bits per heavy atom. The third kappa shape index (κ3) is 4.89. The SMILES string of the molecule is Cl.Fc1ccc(N2N=C(C(F)(F)C(F)(F)F)CC2c2cccc(N3CCNCC3)c2)c(F)c1. The van der Waals surface area contributed by atoms with E-state index in [9.17, 15) is 30.7 Å². The molecule has 180 valence electrons. The first kappa shape index (κ1) is 25.1. The highest BCUT2D eigenvalue weighted by Gasteiger charge is 2.63. The van der Waals surface area contributed by atoms with Gasteiger partial charge in [-0.25, -0.2) is 8.78 Å². The van der Waals surface area contributed by atoms with E-state index in [4.69, 9.17) is 0 Å². The van der Waals surface area contributed by atoms with Gasteiger partial charge in [-0.15, -0.1) is 12.4 Å². The number of benzene rings is 2. The Morgan fingerprint density at radius 2 is 1.64 bits per heavy atom. The number of nitrogens with zero attached hydrogens (tertiary/aromatic N) is 3. The maximum Gasteiger partial charge on any atom is 0.459 e. The van der Waals surface area contributed by atoms with Crippen molar-refractivity contribution < 1.29 is 30.7 Å². The van der Waals surface area contributed by atoms with Gasteiger partial charge in [-0.3, -0.25) is 5.01 Å². The topological polar surface area (TPSA) is 30.9 Å². The molecule has 2 aliphatic heterocycles. The van der Waals surface area contributed by atoms with E-state index in [1.165, 1.54) is 0 Å². The molecule has 33 heavy (non-hydrogen) atoms. The van der Waals surface area contributed by atoms with Crippen molar-refractivity contribution in [3.8, 4) is 0 Å². The predicted octanol–water partition coefficient (Wildman–Crippen LogP) is 5.30. The minimum Gasteiger partial charge on any atom is -0.369 e. The van der Waals surface area contributed by atoms with E-state index in [-0.39, 0.29) is 12.4 Å². The summed E-state index contributed by atoms with van der Waals surface area (Å²) in [5.41, 5.74) is -0.663. The predicted molar refractivity (Wildman–Crippen MR) is 113 cm³/mol. The highest BCUT2D eigenvalue weighted by molar-refractivity contribution is 5.95. The summed E-state index contributed by atoms with van der Waals surface area (Å²) in [7, 11) is 0. The lowest BCUT2D eigenvalue weighted by Crippen LogP contribution is -2.43. The zero-order valence-corrected chi connectivity index (χ0v) is 17.9. The normalized spacial score (nSPS) is 19.4. The zero-order chi connectivity index (χ0) is 23.1. The Hall–Kier alpha value is -2.53. The van der Waals surface area contributed by atoms with Crippen molar-refractivity contribution in [1.82, 2.24) is 5.32 Å². The second-order valence-electron chi connectivity index (χ2n) is 7.61. The van der Waals surface area contributed by atoms with Crippen LogP contribution < -0.4 is 15.2 Å². The molecule has 0 radical (unpaired) electrons. The molecule has 1 N–H and O–H groups in total. The van der Waals surface area contributed by atoms with E-state index < -0.39 is 47.6 Å². The second-order valence-corrected chi connectivity index (χ2v) is 7.61. The first-order valence-electron chi connectivity index (χ1n) is 9.90. The number of halogens is 8. The number of hydrogen-bond acceptors (Lipinski definition) is 4. The largest absolute Gasteiger partial charge is 0.459 e. The maximum atomic E-state index is 14.4. The van der Waals surface area contributed by atoms with E-state index in [0.29, 0.717) is 24.7 Å². The average Bonchev–Trinajstić information content (AvgIpc) is 3.19. The van der Waals surface area contributed by atoms with Crippen LogP contribution in [0.25, 0.3) is 0 Å². The highest BCUT2D eigenvalue weighted by atomic mass is 35.5. The lowest BCUT2D eigenvalue weighted by Gasteiger charge is -2.31. The summed E-state index contributed by atoms with van der Waals surface area (Å²) in [5.74, 6) is -7.21. The van der Waals surface area contributed by atoms with Gasteiger partial charge < -0.3 is 10.2 Å². The minimum absolute atomic E-state index is 0. The van der Waals surface area contributed by atoms with Crippen LogP contribution in [0.15, 0.2) is 47.6 Å². The van der Waals surface area contributed by atoms with Crippen LogP contribution in [0.3, 0.4) is 0 Å². The van der Waals surface area contributed by atoms with E-state index in [2.05, 4.69) is 10.4 Å². The number of hydrazone groups is 1. The summed E-state index contributed by atoms with van der Waals surface area (Å²) in [6.45, 7) is 2.87. The van der Waals surface area contributed by atoms with Crippen LogP contribution >= 0.6 is 12.4 Å². The number of piperazine rings is 1. The lowest BCUT2D eigenvalue weighted by molar-refractivity contribution is -0.249. The van der Waals surface area contributed by atoms with Gasteiger partial charge in [-0.05, 0) is 29.8 Å². The molecule has 0 bridgehead atoms. The van der Waals surface area contributed by atoms with Gasteiger partial charge in [0.1, 0.15) is 11.5 Å². The fourth-order valence-electron chi connectivity index (χ4n) is 3.86. The smallest absolute Gasteiger partial charge is 0.369 e.